The minimum Gasteiger partial charge on any atom is -0.497 e. The van der Waals surface area contributed by atoms with Crippen LogP contribution in [0.4, 0.5) is 11.4 Å². The van der Waals surface area contributed by atoms with Gasteiger partial charge in [-0.3, -0.25) is 9.67 Å². The number of hydrogen-bond donors (Lipinski definition) is 0. The molecule has 196 valence electrons. The lowest BCUT2D eigenvalue weighted by Crippen LogP contribution is -2.32. The van der Waals surface area contributed by atoms with Gasteiger partial charge < -0.3 is 19.3 Å². The number of ether oxygens (including phenoxy) is 2. The lowest BCUT2D eigenvalue weighted by molar-refractivity contribution is 0.227. The average molecular weight is 523 g/mol. The first-order valence-corrected chi connectivity index (χ1v) is 12.6. The van der Waals surface area contributed by atoms with Crippen LogP contribution in [0.1, 0.15) is 25.7 Å². The van der Waals surface area contributed by atoms with Gasteiger partial charge in [-0.1, -0.05) is 6.42 Å². The Morgan fingerprint density at radius 1 is 0.892 bits per heavy atom. The van der Waals surface area contributed by atoms with Crippen LogP contribution in [0.2, 0.25) is 0 Å². The quantitative estimate of drug-likeness (QED) is 0.288. The zero-order valence-corrected chi connectivity index (χ0v) is 22.6. The van der Waals surface area contributed by atoms with Crippen LogP contribution in [0.15, 0.2) is 55.0 Å². The Morgan fingerprint density at radius 2 is 1.65 bits per heavy atom. The molecule has 4 aromatic rings. The van der Waals surface area contributed by atoms with E-state index in [2.05, 4.69) is 44.1 Å². The predicted molar refractivity (Wildman–Crippen MR) is 150 cm³/mol. The standard InChI is InChI=1S/C28H34N6O2.ClH/c1-32-20-21(18-30-32)28-19-29-26-9-8-22(16-27(26)31-28)34(13-7-12-33-10-5-4-6-11-33)23-14-24(35-2)17-25(15-23)36-3;/h8-9,14-20H,4-7,10-13H2,1-3H3;1H. The molecule has 0 N–H and O–H groups in total. The normalized spacial score (nSPS) is 13.8. The van der Waals surface area contributed by atoms with Gasteiger partial charge in [0.15, 0.2) is 0 Å². The number of anilines is 2. The van der Waals surface area contributed by atoms with Crippen LogP contribution in [0.3, 0.4) is 0 Å². The zero-order chi connectivity index (χ0) is 24.9. The van der Waals surface area contributed by atoms with Crippen molar-refractivity contribution in [2.45, 2.75) is 25.7 Å². The molecular formula is C28H35ClN6O2. The maximum atomic E-state index is 5.57. The van der Waals surface area contributed by atoms with Crippen molar-refractivity contribution in [1.82, 2.24) is 24.6 Å². The van der Waals surface area contributed by atoms with Crippen molar-refractivity contribution in [3.05, 3.63) is 55.0 Å². The van der Waals surface area contributed by atoms with Crippen LogP contribution < -0.4 is 14.4 Å². The van der Waals surface area contributed by atoms with Gasteiger partial charge in [0.2, 0.25) is 0 Å². The van der Waals surface area contributed by atoms with Crippen molar-refractivity contribution in [2.24, 2.45) is 7.05 Å². The highest BCUT2D eigenvalue weighted by Gasteiger charge is 2.16. The molecule has 0 bridgehead atoms. The third-order valence-corrected chi connectivity index (χ3v) is 6.79. The van der Waals surface area contributed by atoms with Crippen LogP contribution in [0, 0.1) is 0 Å². The Hall–Kier alpha value is -3.36. The number of methoxy groups -OCH3 is 2. The van der Waals surface area contributed by atoms with Gasteiger partial charge in [0, 0.05) is 54.9 Å². The zero-order valence-electron chi connectivity index (χ0n) is 21.8. The minimum absolute atomic E-state index is 0. The van der Waals surface area contributed by atoms with E-state index >= 15 is 0 Å². The lowest BCUT2D eigenvalue weighted by Gasteiger charge is -2.29. The Labute approximate surface area is 224 Å². The molecule has 0 saturated carbocycles. The summed E-state index contributed by atoms with van der Waals surface area (Å²) >= 11 is 0. The molecule has 1 fully saturated rings. The predicted octanol–water partition coefficient (Wildman–Crippen LogP) is 5.48. The smallest absolute Gasteiger partial charge is 0.124 e. The first kappa shape index (κ1) is 26.7. The Morgan fingerprint density at radius 3 is 2.32 bits per heavy atom. The summed E-state index contributed by atoms with van der Waals surface area (Å²) in [6.45, 7) is 4.37. The van der Waals surface area contributed by atoms with Gasteiger partial charge in [-0.15, -0.1) is 12.4 Å². The number of piperidine rings is 1. The summed E-state index contributed by atoms with van der Waals surface area (Å²) in [5.74, 6) is 1.54. The number of benzene rings is 2. The number of likely N-dealkylation sites (tertiary alicyclic amines) is 1. The fraction of sp³-hybridized carbons (Fsp3) is 0.393. The molecule has 8 nitrogen and oxygen atoms in total. The second-order valence-corrected chi connectivity index (χ2v) is 9.31. The van der Waals surface area contributed by atoms with E-state index in [4.69, 9.17) is 14.5 Å². The van der Waals surface area contributed by atoms with E-state index in [1.807, 2.05) is 37.8 Å². The maximum absolute atomic E-state index is 5.57. The van der Waals surface area contributed by atoms with Gasteiger partial charge >= 0.3 is 0 Å². The Kier molecular flexibility index (Phi) is 8.84. The molecule has 1 saturated heterocycles. The lowest BCUT2D eigenvalue weighted by atomic mass is 10.1. The summed E-state index contributed by atoms with van der Waals surface area (Å²) in [6.07, 6.45) is 10.6. The van der Waals surface area contributed by atoms with Crippen molar-refractivity contribution in [3.63, 3.8) is 0 Å². The number of rotatable bonds is 9. The number of aryl methyl sites for hydroxylation is 1. The second-order valence-electron chi connectivity index (χ2n) is 9.31. The van der Waals surface area contributed by atoms with E-state index < -0.39 is 0 Å². The molecule has 0 amide bonds. The first-order valence-electron chi connectivity index (χ1n) is 12.6. The highest BCUT2D eigenvalue weighted by molar-refractivity contribution is 5.85. The maximum Gasteiger partial charge on any atom is 0.124 e. The topological polar surface area (TPSA) is 68.5 Å². The van der Waals surface area contributed by atoms with Crippen molar-refractivity contribution in [3.8, 4) is 22.8 Å². The molecule has 2 aromatic heterocycles. The monoisotopic (exact) mass is 522 g/mol. The number of halogens is 1. The van der Waals surface area contributed by atoms with E-state index in [9.17, 15) is 0 Å². The molecule has 1 aliphatic heterocycles. The van der Waals surface area contributed by atoms with Gasteiger partial charge in [0.25, 0.3) is 0 Å². The fourth-order valence-corrected chi connectivity index (χ4v) is 4.85. The Balaban J connectivity index is 0.00000320. The Bertz CT molecular complexity index is 1300. The highest BCUT2D eigenvalue weighted by atomic mass is 35.5. The van der Waals surface area contributed by atoms with Crippen LogP contribution in [0.25, 0.3) is 22.3 Å². The van der Waals surface area contributed by atoms with Crippen molar-refractivity contribution in [1.29, 1.82) is 0 Å². The SMILES string of the molecule is COc1cc(OC)cc(N(CCCN2CCCCC2)c2ccc3ncc(-c4cnn(C)c4)nc3c2)c1.Cl. The van der Waals surface area contributed by atoms with Gasteiger partial charge in [-0.05, 0) is 57.1 Å². The van der Waals surface area contributed by atoms with Crippen LogP contribution in [-0.2, 0) is 7.05 Å². The summed E-state index contributed by atoms with van der Waals surface area (Å²) < 4.78 is 12.9. The number of nitrogens with zero attached hydrogens (tertiary/aromatic N) is 6. The summed E-state index contributed by atoms with van der Waals surface area (Å²) in [4.78, 5) is 14.5. The highest BCUT2D eigenvalue weighted by Crippen LogP contribution is 2.34. The van der Waals surface area contributed by atoms with Gasteiger partial charge in [-0.2, -0.15) is 5.10 Å². The van der Waals surface area contributed by atoms with E-state index in [0.29, 0.717) is 0 Å². The van der Waals surface area contributed by atoms with E-state index in [1.54, 1.807) is 18.9 Å². The van der Waals surface area contributed by atoms with Crippen molar-refractivity contribution < 1.29 is 9.47 Å². The number of aromatic nitrogens is 4. The van der Waals surface area contributed by atoms with Gasteiger partial charge in [-0.25, -0.2) is 4.98 Å². The van der Waals surface area contributed by atoms with E-state index in [-0.39, 0.29) is 12.4 Å². The number of fused-ring (bicyclic) bond motifs is 1. The third-order valence-electron chi connectivity index (χ3n) is 6.79. The van der Waals surface area contributed by atoms with Crippen LogP contribution >= 0.6 is 12.4 Å². The van der Waals surface area contributed by atoms with Crippen LogP contribution in [0.5, 0.6) is 11.5 Å². The van der Waals surface area contributed by atoms with E-state index in [1.165, 1.54) is 32.4 Å². The molecular weight excluding hydrogens is 488 g/mol. The molecule has 5 rings (SSSR count). The first-order chi connectivity index (χ1) is 17.6. The van der Waals surface area contributed by atoms with E-state index in [0.717, 1.165) is 64.7 Å². The fourth-order valence-electron chi connectivity index (χ4n) is 4.85. The third kappa shape index (κ3) is 6.32. The van der Waals surface area contributed by atoms with Crippen LogP contribution in [-0.4, -0.2) is 65.0 Å². The molecule has 2 aromatic carbocycles. The second kappa shape index (κ2) is 12.3. The molecule has 9 heteroatoms. The molecule has 0 spiro atoms. The molecule has 3 heterocycles. The van der Waals surface area contributed by atoms with Gasteiger partial charge in [0.1, 0.15) is 11.5 Å². The number of hydrogen-bond acceptors (Lipinski definition) is 7. The van der Waals surface area contributed by atoms with Crippen molar-refractivity contribution in [2.75, 3.05) is 45.3 Å². The molecule has 0 atom stereocenters. The molecule has 37 heavy (non-hydrogen) atoms. The molecule has 0 unspecified atom stereocenters. The molecule has 1 aliphatic rings. The van der Waals surface area contributed by atoms with Gasteiger partial charge in [0.05, 0.1) is 43.3 Å². The summed E-state index contributed by atoms with van der Waals surface area (Å²) in [7, 11) is 5.27. The summed E-state index contributed by atoms with van der Waals surface area (Å²) in [6, 6.07) is 12.3. The molecule has 0 radical (unpaired) electrons. The largest absolute Gasteiger partial charge is 0.497 e. The minimum atomic E-state index is 0. The summed E-state index contributed by atoms with van der Waals surface area (Å²) in [5, 5.41) is 4.28. The molecule has 0 aliphatic carbocycles. The average Bonchev–Trinajstić information content (AvgIpc) is 3.37. The van der Waals surface area contributed by atoms with Crippen molar-refractivity contribution >= 4 is 34.8 Å². The summed E-state index contributed by atoms with van der Waals surface area (Å²) in [5.41, 5.74) is 5.57.